The minimum absolute atomic E-state index is 0.312. The third-order valence-corrected chi connectivity index (χ3v) is 2.85. The maximum Gasteiger partial charge on any atom is 0.103 e. The number of aromatic nitrogens is 3. The Morgan fingerprint density at radius 2 is 2.11 bits per heavy atom. The van der Waals surface area contributed by atoms with Gasteiger partial charge in [0.1, 0.15) is 6.07 Å². The molecule has 0 aromatic carbocycles. The number of hydrogen-bond acceptors (Lipinski definition) is 4. The van der Waals surface area contributed by atoms with E-state index in [9.17, 15) is 5.26 Å². The number of nitrogens with zero attached hydrogens (tertiary/aromatic N) is 4. The smallest absolute Gasteiger partial charge is 0.103 e. The zero-order valence-corrected chi connectivity index (χ0v) is 11.6. The summed E-state index contributed by atoms with van der Waals surface area (Å²) in [6, 6.07) is 4.37. The molecule has 0 unspecified atom stereocenters. The predicted molar refractivity (Wildman–Crippen MR) is 74.3 cm³/mol. The molecule has 0 spiro atoms. The summed E-state index contributed by atoms with van der Waals surface area (Å²) in [5.74, 6) is 0. The highest BCUT2D eigenvalue weighted by Gasteiger charge is 2.09. The van der Waals surface area contributed by atoms with E-state index in [1.54, 1.807) is 6.20 Å². The minimum Gasteiger partial charge on any atom is -0.352 e. The lowest BCUT2D eigenvalue weighted by Gasteiger charge is -2.09. The normalized spacial score (nSPS) is 10.5. The zero-order valence-electron chi connectivity index (χ0n) is 11.6. The first-order valence-corrected chi connectivity index (χ1v) is 6.20. The molecule has 2 aromatic heterocycles. The number of nitriles is 1. The van der Waals surface area contributed by atoms with Crippen LogP contribution < -0.4 is 5.32 Å². The van der Waals surface area contributed by atoms with Crippen molar-refractivity contribution < 1.29 is 0 Å². The Bertz CT molecular complexity index is 634. The van der Waals surface area contributed by atoms with E-state index in [4.69, 9.17) is 0 Å². The van der Waals surface area contributed by atoms with Crippen molar-refractivity contribution in [3.63, 3.8) is 0 Å². The van der Waals surface area contributed by atoms with E-state index in [-0.39, 0.29) is 0 Å². The Morgan fingerprint density at radius 3 is 2.68 bits per heavy atom. The van der Waals surface area contributed by atoms with Gasteiger partial charge in [-0.2, -0.15) is 10.4 Å². The highest BCUT2D eigenvalue weighted by atomic mass is 15.3. The van der Waals surface area contributed by atoms with Gasteiger partial charge in [0.25, 0.3) is 0 Å². The van der Waals surface area contributed by atoms with E-state index in [1.165, 1.54) is 0 Å². The van der Waals surface area contributed by atoms with E-state index in [2.05, 4.69) is 35.3 Å². The molecule has 0 aliphatic rings. The Balaban J connectivity index is 2.35. The molecule has 2 heterocycles. The first-order chi connectivity index (χ1) is 9.01. The van der Waals surface area contributed by atoms with Gasteiger partial charge in [-0.05, 0) is 33.8 Å². The highest BCUT2D eigenvalue weighted by molar-refractivity contribution is 5.67. The molecule has 5 heteroatoms. The van der Waals surface area contributed by atoms with Crippen LogP contribution >= 0.6 is 0 Å². The van der Waals surface area contributed by atoms with Gasteiger partial charge in [-0.15, -0.1) is 0 Å². The third kappa shape index (κ3) is 2.74. The standard InChI is InChI=1S/C14H17N5/c1-9(2)19-8-12(7-16-19)18-14-5-10(3)17-11(4)13(14)6-15/h5,7-9H,1-4H3,(H,17,18). The third-order valence-electron chi connectivity index (χ3n) is 2.85. The van der Waals surface area contributed by atoms with Crippen molar-refractivity contribution in [2.45, 2.75) is 33.7 Å². The van der Waals surface area contributed by atoms with Crippen molar-refractivity contribution in [2.75, 3.05) is 5.32 Å². The summed E-state index contributed by atoms with van der Waals surface area (Å²) in [4.78, 5) is 4.30. The Kier molecular flexibility index (Phi) is 3.52. The van der Waals surface area contributed by atoms with E-state index in [0.717, 1.165) is 22.8 Å². The van der Waals surface area contributed by atoms with Crippen LogP contribution in [-0.2, 0) is 0 Å². The van der Waals surface area contributed by atoms with Crippen molar-refractivity contribution in [3.8, 4) is 6.07 Å². The molecule has 1 N–H and O–H groups in total. The second-order valence-electron chi connectivity index (χ2n) is 4.81. The van der Waals surface area contributed by atoms with Crippen LogP contribution in [0.25, 0.3) is 0 Å². The van der Waals surface area contributed by atoms with Gasteiger partial charge in [0.15, 0.2) is 0 Å². The first-order valence-electron chi connectivity index (χ1n) is 6.20. The van der Waals surface area contributed by atoms with Crippen LogP contribution in [0.15, 0.2) is 18.5 Å². The highest BCUT2D eigenvalue weighted by Crippen LogP contribution is 2.23. The molecule has 98 valence electrons. The average molecular weight is 255 g/mol. The number of aryl methyl sites for hydroxylation is 2. The van der Waals surface area contributed by atoms with Crippen LogP contribution in [0.3, 0.4) is 0 Å². The van der Waals surface area contributed by atoms with Crippen molar-refractivity contribution >= 4 is 11.4 Å². The number of pyridine rings is 1. The molecule has 0 aliphatic carbocycles. The fraction of sp³-hybridized carbons (Fsp3) is 0.357. The second-order valence-corrected chi connectivity index (χ2v) is 4.81. The molecule has 0 saturated carbocycles. The van der Waals surface area contributed by atoms with Gasteiger partial charge in [-0.1, -0.05) is 0 Å². The molecular weight excluding hydrogens is 238 g/mol. The maximum atomic E-state index is 9.21. The lowest BCUT2D eigenvalue weighted by molar-refractivity contribution is 0.532. The molecule has 2 aromatic rings. The van der Waals surface area contributed by atoms with Crippen LogP contribution in [0.2, 0.25) is 0 Å². The van der Waals surface area contributed by atoms with E-state index in [1.807, 2.05) is 30.8 Å². The topological polar surface area (TPSA) is 66.5 Å². The number of hydrogen-bond donors (Lipinski definition) is 1. The van der Waals surface area contributed by atoms with E-state index < -0.39 is 0 Å². The van der Waals surface area contributed by atoms with Gasteiger partial charge in [-0.3, -0.25) is 9.67 Å². The average Bonchev–Trinajstić information content (AvgIpc) is 2.77. The second kappa shape index (κ2) is 5.11. The summed E-state index contributed by atoms with van der Waals surface area (Å²) in [5, 5.41) is 16.7. The van der Waals surface area contributed by atoms with Gasteiger partial charge in [-0.25, -0.2) is 0 Å². The Labute approximate surface area is 112 Å². The van der Waals surface area contributed by atoms with Crippen LogP contribution in [0.1, 0.15) is 36.8 Å². The molecular formula is C14H17N5. The largest absolute Gasteiger partial charge is 0.352 e. The van der Waals surface area contributed by atoms with Crippen LogP contribution in [0.5, 0.6) is 0 Å². The monoisotopic (exact) mass is 255 g/mol. The molecule has 0 amide bonds. The van der Waals surface area contributed by atoms with Crippen molar-refractivity contribution in [3.05, 3.63) is 35.4 Å². The Hall–Kier alpha value is -2.35. The molecule has 5 nitrogen and oxygen atoms in total. The fourth-order valence-electron chi connectivity index (χ4n) is 1.91. The number of nitrogens with one attached hydrogen (secondary N) is 1. The summed E-state index contributed by atoms with van der Waals surface area (Å²) < 4.78 is 1.87. The van der Waals surface area contributed by atoms with Gasteiger partial charge in [0.2, 0.25) is 0 Å². The molecule has 0 radical (unpaired) electrons. The predicted octanol–water partition coefficient (Wildman–Crippen LogP) is 3.09. The summed E-state index contributed by atoms with van der Waals surface area (Å²) in [7, 11) is 0. The number of anilines is 2. The minimum atomic E-state index is 0.312. The molecule has 0 bridgehead atoms. The van der Waals surface area contributed by atoms with E-state index >= 15 is 0 Å². The molecule has 0 aliphatic heterocycles. The molecule has 0 saturated heterocycles. The SMILES string of the molecule is Cc1cc(Nc2cnn(C(C)C)c2)c(C#N)c(C)n1. The molecule has 19 heavy (non-hydrogen) atoms. The van der Waals surface area contributed by atoms with Gasteiger partial charge < -0.3 is 5.32 Å². The molecule has 0 atom stereocenters. The fourth-order valence-corrected chi connectivity index (χ4v) is 1.91. The van der Waals surface area contributed by atoms with E-state index in [0.29, 0.717) is 11.6 Å². The summed E-state index contributed by atoms with van der Waals surface area (Å²) >= 11 is 0. The van der Waals surface area contributed by atoms with Crippen LogP contribution in [0, 0.1) is 25.2 Å². The molecule has 0 fully saturated rings. The summed E-state index contributed by atoms with van der Waals surface area (Å²) in [6.45, 7) is 7.89. The number of rotatable bonds is 3. The lowest BCUT2D eigenvalue weighted by atomic mass is 10.1. The molecule has 2 rings (SSSR count). The quantitative estimate of drug-likeness (QED) is 0.915. The van der Waals surface area contributed by atoms with Crippen molar-refractivity contribution in [2.24, 2.45) is 0 Å². The van der Waals surface area contributed by atoms with Gasteiger partial charge in [0.05, 0.1) is 28.8 Å². The Morgan fingerprint density at radius 1 is 1.37 bits per heavy atom. The first kappa shape index (κ1) is 13.1. The maximum absolute atomic E-state index is 9.21. The summed E-state index contributed by atoms with van der Waals surface area (Å²) in [5.41, 5.74) is 3.84. The zero-order chi connectivity index (χ0) is 14.0. The van der Waals surface area contributed by atoms with Crippen LogP contribution in [-0.4, -0.2) is 14.8 Å². The summed E-state index contributed by atoms with van der Waals surface area (Å²) in [6.07, 6.45) is 3.68. The van der Waals surface area contributed by atoms with Crippen molar-refractivity contribution in [1.29, 1.82) is 5.26 Å². The van der Waals surface area contributed by atoms with Gasteiger partial charge in [0, 0.05) is 17.9 Å². The lowest BCUT2D eigenvalue weighted by Crippen LogP contribution is -2.01. The van der Waals surface area contributed by atoms with Crippen molar-refractivity contribution in [1.82, 2.24) is 14.8 Å². The van der Waals surface area contributed by atoms with Crippen LogP contribution in [0.4, 0.5) is 11.4 Å². The van der Waals surface area contributed by atoms with Gasteiger partial charge >= 0.3 is 0 Å².